The van der Waals surface area contributed by atoms with Gasteiger partial charge in [0.1, 0.15) is 10.7 Å². The third-order valence-corrected chi connectivity index (χ3v) is 6.22. The van der Waals surface area contributed by atoms with Crippen molar-refractivity contribution in [1.29, 1.82) is 0 Å². The number of pyridine rings is 1. The van der Waals surface area contributed by atoms with Gasteiger partial charge in [-0.2, -0.15) is 0 Å². The van der Waals surface area contributed by atoms with E-state index < -0.39 is 0 Å². The summed E-state index contributed by atoms with van der Waals surface area (Å²) in [6.07, 6.45) is 0. The van der Waals surface area contributed by atoms with Gasteiger partial charge in [0.15, 0.2) is 0 Å². The first-order valence-corrected chi connectivity index (χ1v) is 9.00. The maximum absolute atomic E-state index is 12.7. The number of aryl methyl sites for hydroxylation is 1. The number of hydrogen-bond acceptors (Lipinski definition) is 3. The number of rotatable bonds is 2. The van der Waals surface area contributed by atoms with Crippen molar-refractivity contribution in [2.75, 3.05) is 5.32 Å². The number of halogens is 2. The van der Waals surface area contributed by atoms with Crippen LogP contribution in [0.2, 0.25) is 10.0 Å². The molecule has 124 valence electrons. The summed E-state index contributed by atoms with van der Waals surface area (Å²) >= 11 is 13.7. The minimum Gasteiger partial charge on any atom is -0.306 e. The van der Waals surface area contributed by atoms with E-state index in [-0.39, 0.29) is 5.91 Å². The second-order valence-corrected chi connectivity index (χ2v) is 7.63. The average molecular weight is 379 g/mol. The predicted molar refractivity (Wildman–Crippen MR) is 103 cm³/mol. The molecule has 3 aromatic rings. The number of fused-ring (bicyclic) bond motifs is 1. The van der Waals surface area contributed by atoms with E-state index in [2.05, 4.69) is 10.3 Å². The highest BCUT2D eigenvalue weighted by atomic mass is 35.5. The predicted octanol–water partition coefficient (Wildman–Crippen LogP) is 6.09. The Kier molecular flexibility index (Phi) is 4.56. The highest BCUT2D eigenvalue weighted by Crippen LogP contribution is 2.37. The molecule has 0 saturated carbocycles. The molecule has 0 unspecified atom stereocenters. The Bertz CT molecular complexity index is 979. The van der Waals surface area contributed by atoms with Crippen LogP contribution >= 0.6 is 34.5 Å². The lowest BCUT2D eigenvalue weighted by Crippen LogP contribution is -2.14. The van der Waals surface area contributed by atoms with Crippen LogP contribution in [0, 0.1) is 27.7 Å². The molecular formula is C18H16Cl2N2OS. The summed E-state index contributed by atoms with van der Waals surface area (Å²) < 4.78 is 0.888. The molecular weight excluding hydrogens is 363 g/mol. The first-order chi connectivity index (χ1) is 11.3. The first-order valence-electron chi connectivity index (χ1n) is 7.43. The summed E-state index contributed by atoms with van der Waals surface area (Å²) in [6, 6.07) is 5.41. The number of amides is 1. The number of anilines is 1. The summed E-state index contributed by atoms with van der Waals surface area (Å²) in [4.78, 5) is 17.7. The highest BCUT2D eigenvalue weighted by molar-refractivity contribution is 7.21. The fourth-order valence-electron chi connectivity index (χ4n) is 2.54. The van der Waals surface area contributed by atoms with Crippen molar-refractivity contribution in [3.8, 4) is 0 Å². The highest BCUT2D eigenvalue weighted by Gasteiger charge is 2.19. The summed E-state index contributed by atoms with van der Waals surface area (Å²) in [5, 5.41) is 4.79. The SMILES string of the molecule is Cc1nc(NC(=O)c2sc3cc(Cl)ccc3c2Cl)c(C)c(C)c1C. The van der Waals surface area contributed by atoms with Crippen LogP contribution in [-0.2, 0) is 0 Å². The molecule has 1 aromatic carbocycles. The summed E-state index contributed by atoms with van der Waals surface area (Å²) in [6.45, 7) is 7.95. The smallest absolute Gasteiger partial charge is 0.268 e. The van der Waals surface area contributed by atoms with Crippen LogP contribution in [0.15, 0.2) is 18.2 Å². The van der Waals surface area contributed by atoms with Gasteiger partial charge in [0.05, 0.1) is 5.02 Å². The van der Waals surface area contributed by atoms with Crippen molar-refractivity contribution in [3.05, 3.63) is 55.5 Å². The van der Waals surface area contributed by atoms with Gasteiger partial charge in [-0.05, 0) is 56.5 Å². The van der Waals surface area contributed by atoms with Gasteiger partial charge in [0.2, 0.25) is 0 Å². The summed E-state index contributed by atoms with van der Waals surface area (Å²) in [5.74, 6) is 0.322. The summed E-state index contributed by atoms with van der Waals surface area (Å²) in [7, 11) is 0. The Morgan fingerprint density at radius 3 is 2.50 bits per heavy atom. The van der Waals surface area contributed by atoms with Gasteiger partial charge in [-0.25, -0.2) is 4.98 Å². The van der Waals surface area contributed by atoms with Gasteiger partial charge < -0.3 is 5.32 Å². The van der Waals surface area contributed by atoms with Gasteiger partial charge >= 0.3 is 0 Å². The van der Waals surface area contributed by atoms with E-state index in [1.807, 2.05) is 39.8 Å². The molecule has 1 amide bonds. The third-order valence-electron chi connectivity index (χ3n) is 4.33. The second kappa shape index (κ2) is 6.36. The number of hydrogen-bond donors (Lipinski definition) is 1. The molecule has 0 aliphatic carbocycles. The van der Waals surface area contributed by atoms with Crippen LogP contribution in [0.1, 0.15) is 32.1 Å². The number of nitrogens with zero attached hydrogens (tertiary/aromatic N) is 1. The van der Waals surface area contributed by atoms with Crippen molar-refractivity contribution in [1.82, 2.24) is 4.98 Å². The molecule has 1 N–H and O–H groups in total. The van der Waals surface area contributed by atoms with Crippen molar-refractivity contribution in [2.24, 2.45) is 0 Å². The topological polar surface area (TPSA) is 42.0 Å². The normalized spacial score (nSPS) is 11.1. The van der Waals surface area contributed by atoms with E-state index in [9.17, 15) is 4.79 Å². The first kappa shape index (κ1) is 17.2. The van der Waals surface area contributed by atoms with Gasteiger partial charge in [0.25, 0.3) is 5.91 Å². The van der Waals surface area contributed by atoms with E-state index in [1.165, 1.54) is 11.3 Å². The Morgan fingerprint density at radius 1 is 1.08 bits per heavy atom. The number of thiophene rings is 1. The fourth-order valence-corrected chi connectivity index (χ4v) is 4.22. The van der Waals surface area contributed by atoms with Gasteiger partial charge in [0, 0.05) is 20.8 Å². The van der Waals surface area contributed by atoms with Crippen LogP contribution in [0.3, 0.4) is 0 Å². The third kappa shape index (κ3) is 2.90. The van der Waals surface area contributed by atoms with E-state index in [1.54, 1.807) is 6.07 Å². The largest absolute Gasteiger partial charge is 0.306 e. The molecule has 0 fully saturated rings. The molecule has 0 bridgehead atoms. The van der Waals surface area contributed by atoms with E-state index in [4.69, 9.17) is 23.2 Å². The number of carbonyl (C=O) groups excluding carboxylic acids is 1. The van der Waals surface area contributed by atoms with E-state index in [0.717, 1.165) is 32.5 Å². The number of carbonyl (C=O) groups is 1. The Hall–Kier alpha value is -1.62. The summed E-state index contributed by atoms with van der Waals surface area (Å²) in [5.41, 5.74) is 4.14. The van der Waals surface area contributed by atoms with Crippen molar-refractivity contribution in [2.45, 2.75) is 27.7 Å². The van der Waals surface area contributed by atoms with Crippen molar-refractivity contribution >= 4 is 56.3 Å². The van der Waals surface area contributed by atoms with Crippen LogP contribution < -0.4 is 5.32 Å². The monoisotopic (exact) mass is 378 g/mol. The fraction of sp³-hybridized carbons (Fsp3) is 0.222. The molecule has 3 nitrogen and oxygen atoms in total. The molecule has 0 radical (unpaired) electrons. The van der Waals surface area contributed by atoms with Crippen LogP contribution in [0.5, 0.6) is 0 Å². The quantitative estimate of drug-likeness (QED) is 0.586. The Labute approximate surface area is 154 Å². The molecule has 6 heteroatoms. The molecule has 0 spiro atoms. The zero-order chi connectivity index (χ0) is 17.6. The Morgan fingerprint density at radius 2 is 1.79 bits per heavy atom. The standard InChI is InChI=1S/C18H16Cl2N2OS/c1-8-9(2)11(4)21-17(10(8)3)22-18(23)16-15(20)13-6-5-12(19)7-14(13)24-16/h5-7H,1-4H3,(H,21,22,23). The van der Waals surface area contributed by atoms with Crippen LogP contribution in [0.25, 0.3) is 10.1 Å². The second-order valence-electron chi connectivity index (χ2n) is 5.76. The number of aromatic nitrogens is 1. The number of nitrogens with one attached hydrogen (secondary N) is 1. The lowest BCUT2D eigenvalue weighted by atomic mass is 10.0. The lowest BCUT2D eigenvalue weighted by Gasteiger charge is -2.13. The van der Waals surface area contributed by atoms with Gasteiger partial charge in [-0.3, -0.25) is 4.79 Å². The minimum absolute atomic E-state index is 0.254. The van der Waals surface area contributed by atoms with E-state index in [0.29, 0.717) is 20.7 Å². The zero-order valence-corrected chi connectivity index (χ0v) is 16.1. The van der Waals surface area contributed by atoms with Gasteiger partial charge in [-0.1, -0.05) is 29.3 Å². The molecule has 0 aliphatic rings. The average Bonchev–Trinajstić information content (AvgIpc) is 2.86. The molecule has 0 atom stereocenters. The molecule has 2 heterocycles. The molecule has 0 saturated heterocycles. The van der Waals surface area contributed by atoms with Crippen LogP contribution in [0.4, 0.5) is 5.82 Å². The van der Waals surface area contributed by atoms with E-state index >= 15 is 0 Å². The molecule has 24 heavy (non-hydrogen) atoms. The van der Waals surface area contributed by atoms with Crippen molar-refractivity contribution in [3.63, 3.8) is 0 Å². The van der Waals surface area contributed by atoms with Crippen molar-refractivity contribution < 1.29 is 4.79 Å². The maximum atomic E-state index is 12.7. The molecule has 3 rings (SSSR count). The Balaban J connectivity index is 2.01. The zero-order valence-electron chi connectivity index (χ0n) is 13.8. The number of benzene rings is 1. The lowest BCUT2D eigenvalue weighted by molar-refractivity contribution is 0.103. The molecule has 2 aromatic heterocycles. The molecule has 0 aliphatic heterocycles. The van der Waals surface area contributed by atoms with Gasteiger partial charge in [-0.15, -0.1) is 11.3 Å². The van der Waals surface area contributed by atoms with Crippen LogP contribution in [-0.4, -0.2) is 10.9 Å². The minimum atomic E-state index is -0.254. The maximum Gasteiger partial charge on any atom is 0.268 e.